The lowest BCUT2D eigenvalue weighted by atomic mass is 10.1. The average molecular weight is 498 g/mol. The molecule has 3 aromatic rings. The normalized spacial score (nSPS) is 14.6. The summed E-state index contributed by atoms with van der Waals surface area (Å²) >= 11 is 6.20. The summed E-state index contributed by atoms with van der Waals surface area (Å²) in [7, 11) is 0. The molecule has 4 rings (SSSR count). The van der Waals surface area contributed by atoms with Crippen LogP contribution in [-0.4, -0.2) is 47.0 Å². The number of hydrogen-bond acceptors (Lipinski definition) is 6. The fourth-order valence-electron chi connectivity index (χ4n) is 4.10. The van der Waals surface area contributed by atoms with Gasteiger partial charge in [0.25, 0.3) is 11.8 Å². The standard InChI is InChI=1S/C26H29ClFN5O2/c1-17(21-15-20(28)8-9-22(21)27)35-26-24(29)31-16-23(32-26)18-6-4-7-19(14-18)25(34)30-10-5-13-33-11-2-3-12-33/h4,6-9,14-17H,2-3,5,10-13H2,1H3,(H2,29,31)(H,30,34). The maximum atomic E-state index is 13.7. The third kappa shape index (κ3) is 6.46. The molecule has 184 valence electrons. The quantitative estimate of drug-likeness (QED) is 0.409. The second-order valence-corrected chi connectivity index (χ2v) is 9.02. The number of benzene rings is 2. The van der Waals surface area contributed by atoms with E-state index in [4.69, 9.17) is 22.1 Å². The highest BCUT2D eigenvalue weighted by Gasteiger charge is 2.17. The molecule has 35 heavy (non-hydrogen) atoms. The van der Waals surface area contributed by atoms with Gasteiger partial charge in [0.15, 0.2) is 5.82 Å². The number of halogens is 2. The molecule has 1 amide bonds. The van der Waals surface area contributed by atoms with Crippen molar-refractivity contribution in [1.82, 2.24) is 20.2 Å². The lowest BCUT2D eigenvalue weighted by molar-refractivity contribution is 0.0952. The van der Waals surface area contributed by atoms with Gasteiger partial charge in [-0.05, 0) is 76.2 Å². The zero-order valence-electron chi connectivity index (χ0n) is 19.6. The van der Waals surface area contributed by atoms with E-state index in [1.807, 2.05) is 6.07 Å². The van der Waals surface area contributed by atoms with E-state index < -0.39 is 11.9 Å². The molecule has 1 aromatic heterocycles. The molecule has 3 N–H and O–H groups in total. The second kappa shape index (κ2) is 11.5. The maximum Gasteiger partial charge on any atom is 0.258 e. The largest absolute Gasteiger partial charge is 0.467 e. The number of amides is 1. The molecule has 2 heterocycles. The number of nitrogens with two attached hydrogens (primary N) is 1. The van der Waals surface area contributed by atoms with Crippen molar-refractivity contribution in [2.45, 2.75) is 32.3 Å². The van der Waals surface area contributed by atoms with Crippen LogP contribution in [0.2, 0.25) is 5.02 Å². The fraction of sp³-hybridized carbons (Fsp3) is 0.346. The van der Waals surface area contributed by atoms with Gasteiger partial charge in [-0.3, -0.25) is 4.79 Å². The van der Waals surface area contributed by atoms with Crippen molar-refractivity contribution in [2.24, 2.45) is 0 Å². The molecule has 9 heteroatoms. The van der Waals surface area contributed by atoms with Crippen molar-refractivity contribution < 1.29 is 13.9 Å². The third-order valence-corrected chi connectivity index (χ3v) is 6.35. The summed E-state index contributed by atoms with van der Waals surface area (Å²) < 4.78 is 19.6. The van der Waals surface area contributed by atoms with E-state index in [1.165, 1.54) is 37.2 Å². The molecule has 1 aliphatic rings. The molecule has 0 spiro atoms. The summed E-state index contributed by atoms with van der Waals surface area (Å²) in [6.45, 7) is 5.66. The first-order chi connectivity index (χ1) is 16.9. The molecule has 1 fully saturated rings. The highest BCUT2D eigenvalue weighted by molar-refractivity contribution is 6.31. The van der Waals surface area contributed by atoms with Gasteiger partial charge in [0.05, 0.1) is 11.9 Å². The van der Waals surface area contributed by atoms with Gasteiger partial charge in [0.2, 0.25) is 0 Å². The number of rotatable bonds is 9. The number of hydrogen-bond donors (Lipinski definition) is 2. The first kappa shape index (κ1) is 24.9. The van der Waals surface area contributed by atoms with E-state index in [9.17, 15) is 9.18 Å². The molecular formula is C26H29ClFN5O2. The van der Waals surface area contributed by atoms with Crippen LogP contribution in [0.15, 0.2) is 48.7 Å². The lowest BCUT2D eigenvalue weighted by Gasteiger charge is -2.17. The van der Waals surface area contributed by atoms with Gasteiger partial charge in [-0.15, -0.1) is 0 Å². The number of nitrogens with zero attached hydrogens (tertiary/aromatic N) is 3. The summed E-state index contributed by atoms with van der Waals surface area (Å²) in [6, 6.07) is 11.2. The molecule has 7 nitrogen and oxygen atoms in total. The Bertz CT molecular complexity index is 1190. The van der Waals surface area contributed by atoms with Crippen molar-refractivity contribution in [3.63, 3.8) is 0 Å². The van der Waals surface area contributed by atoms with Crippen LogP contribution in [0.5, 0.6) is 5.88 Å². The van der Waals surface area contributed by atoms with Crippen molar-refractivity contribution in [3.05, 3.63) is 70.6 Å². The number of anilines is 1. The van der Waals surface area contributed by atoms with Crippen LogP contribution in [-0.2, 0) is 0 Å². The van der Waals surface area contributed by atoms with Gasteiger partial charge >= 0.3 is 0 Å². The fourth-order valence-corrected chi connectivity index (χ4v) is 4.37. The Labute approximate surface area is 209 Å². The third-order valence-electron chi connectivity index (χ3n) is 6.01. The van der Waals surface area contributed by atoms with Crippen molar-refractivity contribution in [3.8, 4) is 17.1 Å². The van der Waals surface area contributed by atoms with E-state index in [-0.39, 0.29) is 17.6 Å². The second-order valence-electron chi connectivity index (χ2n) is 8.61. The maximum absolute atomic E-state index is 13.7. The molecule has 0 aliphatic carbocycles. The van der Waals surface area contributed by atoms with Gasteiger partial charge in [0.1, 0.15) is 11.9 Å². The van der Waals surface area contributed by atoms with Gasteiger partial charge in [0, 0.05) is 28.3 Å². The minimum atomic E-state index is -0.609. The van der Waals surface area contributed by atoms with Crippen molar-refractivity contribution >= 4 is 23.3 Å². The number of likely N-dealkylation sites (tertiary alicyclic amines) is 1. The number of nitrogen functional groups attached to an aromatic ring is 1. The molecule has 1 unspecified atom stereocenters. The summed E-state index contributed by atoms with van der Waals surface area (Å²) in [5, 5.41) is 3.36. The Balaban J connectivity index is 1.43. The van der Waals surface area contributed by atoms with E-state index in [2.05, 4.69) is 20.2 Å². The topological polar surface area (TPSA) is 93.4 Å². The van der Waals surface area contributed by atoms with Crippen molar-refractivity contribution in [2.75, 3.05) is 31.9 Å². The van der Waals surface area contributed by atoms with Crippen LogP contribution in [0, 0.1) is 5.82 Å². The summed E-state index contributed by atoms with van der Waals surface area (Å²) in [6.07, 6.45) is 4.36. The number of aromatic nitrogens is 2. The number of carbonyl (C=O) groups excluding carboxylic acids is 1. The van der Waals surface area contributed by atoms with E-state index >= 15 is 0 Å². The minimum Gasteiger partial charge on any atom is -0.467 e. The molecule has 0 bridgehead atoms. The molecule has 1 aliphatic heterocycles. The summed E-state index contributed by atoms with van der Waals surface area (Å²) in [5.41, 5.74) is 8.18. The zero-order valence-corrected chi connectivity index (χ0v) is 20.4. The molecule has 1 saturated heterocycles. The first-order valence-corrected chi connectivity index (χ1v) is 12.1. The van der Waals surface area contributed by atoms with Crippen molar-refractivity contribution in [1.29, 1.82) is 0 Å². The van der Waals surface area contributed by atoms with E-state index in [0.717, 1.165) is 26.1 Å². The Morgan fingerprint density at radius 2 is 2.06 bits per heavy atom. The van der Waals surface area contributed by atoms with Gasteiger partial charge in [-0.1, -0.05) is 23.7 Å². The Hall–Kier alpha value is -3.23. The van der Waals surface area contributed by atoms with Crippen LogP contribution in [0.4, 0.5) is 10.2 Å². The molecule has 2 aromatic carbocycles. The first-order valence-electron chi connectivity index (χ1n) is 11.8. The molecular weight excluding hydrogens is 469 g/mol. The van der Waals surface area contributed by atoms with Gasteiger partial charge < -0.3 is 20.7 Å². The van der Waals surface area contributed by atoms with Gasteiger partial charge in [-0.25, -0.2) is 14.4 Å². The molecule has 0 saturated carbocycles. The number of carbonyl (C=O) groups is 1. The smallest absolute Gasteiger partial charge is 0.258 e. The van der Waals surface area contributed by atoms with Crippen LogP contribution in [0.3, 0.4) is 0 Å². The van der Waals surface area contributed by atoms with Crippen LogP contribution < -0.4 is 15.8 Å². The highest BCUT2D eigenvalue weighted by atomic mass is 35.5. The van der Waals surface area contributed by atoms with E-state index in [0.29, 0.717) is 34.0 Å². The Morgan fingerprint density at radius 1 is 1.26 bits per heavy atom. The van der Waals surface area contributed by atoms with Crippen LogP contribution in [0.25, 0.3) is 11.3 Å². The highest BCUT2D eigenvalue weighted by Crippen LogP contribution is 2.30. The summed E-state index contributed by atoms with van der Waals surface area (Å²) in [5.74, 6) is -0.353. The zero-order chi connectivity index (χ0) is 24.8. The van der Waals surface area contributed by atoms with Crippen LogP contribution >= 0.6 is 11.6 Å². The average Bonchev–Trinajstić information content (AvgIpc) is 3.38. The summed E-state index contributed by atoms with van der Waals surface area (Å²) in [4.78, 5) is 23.8. The van der Waals surface area contributed by atoms with Crippen LogP contribution in [0.1, 0.15) is 48.2 Å². The Kier molecular flexibility index (Phi) is 8.15. The Morgan fingerprint density at radius 3 is 2.86 bits per heavy atom. The predicted molar refractivity (Wildman–Crippen MR) is 135 cm³/mol. The lowest BCUT2D eigenvalue weighted by Crippen LogP contribution is -2.28. The number of nitrogens with one attached hydrogen (secondary N) is 1. The van der Waals surface area contributed by atoms with E-state index in [1.54, 1.807) is 25.1 Å². The molecule has 1 atom stereocenters. The monoisotopic (exact) mass is 497 g/mol. The molecule has 0 radical (unpaired) electrons. The SMILES string of the molecule is CC(Oc1nc(-c2cccc(C(=O)NCCCN3CCCC3)c2)cnc1N)c1cc(F)ccc1Cl. The van der Waals surface area contributed by atoms with Gasteiger partial charge in [-0.2, -0.15) is 0 Å². The number of ether oxygens (including phenoxy) is 1. The minimum absolute atomic E-state index is 0.0972. The predicted octanol–water partition coefficient (Wildman–Crippen LogP) is 4.87.